The second-order valence-electron chi connectivity index (χ2n) is 5.08. The van der Waals surface area contributed by atoms with E-state index in [4.69, 9.17) is 10.5 Å². The lowest BCUT2D eigenvalue weighted by molar-refractivity contribution is 0.0942. The van der Waals surface area contributed by atoms with E-state index in [1.54, 1.807) is 6.20 Å². The van der Waals surface area contributed by atoms with Crippen molar-refractivity contribution in [3.8, 4) is 0 Å². The summed E-state index contributed by atoms with van der Waals surface area (Å²) in [6.45, 7) is 4.23. The highest BCUT2D eigenvalue weighted by molar-refractivity contribution is 6.07. The van der Waals surface area contributed by atoms with Crippen LogP contribution in [-0.4, -0.2) is 30.6 Å². The smallest absolute Gasteiger partial charge is 0.253 e. The van der Waals surface area contributed by atoms with Crippen LogP contribution in [0.25, 0.3) is 10.9 Å². The van der Waals surface area contributed by atoms with E-state index >= 15 is 0 Å². The minimum Gasteiger partial charge on any atom is -0.399 e. The Morgan fingerprint density at radius 1 is 1.33 bits per heavy atom. The van der Waals surface area contributed by atoms with E-state index in [2.05, 4.69) is 17.2 Å². The number of rotatable bonds is 8. The zero-order valence-electron chi connectivity index (χ0n) is 12.4. The van der Waals surface area contributed by atoms with Crippen molar-refractivity contribution in [2.75, 3.05) is 25.5 Å². The molecule has 0 radical (unpaired) electrons. The van der Waals surface area contributed by atoms with Crippen LogP contribution < -0.4 is 11.1 Å². The number of hydrogen-bond donors (Lipinski definition) is 3. The van der Waals surface area contributed by atoms with Crippen LogP contribution in [0, 0.1) is 0 Å². The highest BCUT2D eigenvalue weighted by Crippen LogP contribution is 2.20. The van der Waals surface area contributed by atoms with E-state index in [9.17, 15) is 4.79 Å². The number of nitrogens with one attached hydrogen (secondary N) is 2. The lowest BCUT2D eigenvalue weighted by Crippen LogP contribution is -2.25. The van der Waals surface area contributed by atoms with E-state index in [0.717, 1.165) is 36.8 Å². The van der Waals surface area contributed by atoms with E-state index in [-0.39, 0.29) is 5.91 Å². The summed E-state index contributed by atoms with van der Waals surface area (Å²) in [5.41, 5.74) is 7.97. The fourth-order valence-electron chi connectivity index (χ4n) is 2.15. The average Bonchev–Trinajstić information content (AvgIpc) is 2.89. The summed E-state index contributed by atoms with van der Waals surface area (Å²) in [5, 5.41) is 3.76. The molecule has 4 N–H and O–H groups in total. The number of benzene rings is 1. The molecule has 1 aromatic carbocycles. The molecular formula is C16H23N3O2. The van der Waals surface area contributed by atoms with E-state index in [0.29, 0.717) is 24.4 Å². The molecule has 0 fully saturated rings. The quantitative estimate of drug-likeness (QED) is 0.516. The Hall–Kier alpha value is -2.01. The van der Waals surface area contributed by atoms with Crippen molar-refractivity contribution >= 4 is 22.5 Å². The summed E-state index contributed by atoms with van der Waals surface area (Å²) in [4.78, 5) is 15.2. The molecule has 2 aromatic rings. The van der Waals surface area contributed by atoms with Crippen LogP contribution >= 0.6 is 0 Å². The Balaban J connectivity index is 1.81. The van der Waals surface area contributed by atoms with Gasteiger partial charge in [-0.2, -0.15) is 0 Å². The van der Waals surface area contributed by atoms with Gasteiger partial charge in [-0.3, -0.25) is 4.79 Å². The Kier molecular flexibility index (Phi) is 5.63. The van der Waals surface area contributed by atoms with Gasteiger partial charge in [-0.05, 0) is 31.0 Å². The molecule has 0 atom stereocenters. The SMILES string of the molecule is CCCCOCCCNC(=O)c1c[nH]c2ccc(N)cc12. The Morgan fingerprint density at radius 2 is 2.14 bits per heavy atom. The Morgan fingerprint density at radius 3 is 2.95 bits per heavy atom. The molecule has 0 spiro atoms. The molecule has 1 aromatic heterocycles. The monoisotopic (exact) mass is 289 g/mol. The van der Waals surface area contributed by atoms with Crippen molar-refractivity contribution in [3.05, 3.63) is 30.0 Å². The molecule has 1 amide bonds. The number of nitrogens with two attached hydrogens (primary N) is 1. The molecule has 0 saturated carbocycles. The third-order valence-electron chi connectivity index (χ3n) is 3.34. The summed E-state index contributed by atoms with van der Waals surface area (Å²) < 4.78 is 5.46. The molecule has 0 saturated heterocycles. The van der Waals surface area contributed by atoms with Crippen LogP contribution in [0.5, 0.6) is 0 Å². The number of H-pyrrole nitrogens is 1. The summed E-state index contributed by atoms with van der Waals surface area (Å²) >= 11 is 0. The molecule has 0 aliphatic carbocycles. The van der Waals surface area contributed by atoms with Crippen molar-refractivity contribution in [2.24, 2.45) is 0 Å². The van der Waals surface area contributed by atoms with Crippen molar-refractivity contribution < 1.29 is 9.53 Å². The third kappa shape index (κ3) is 4.23. The number of carbonyl (C=O) groups excluding carboxylic acids is 1. The molecule has 5 heteroatoms. The number of anilines is 1. The van der Waals surface area contributed by atoms with Gasteiger partial charge in [0.15, 0.2) is 0 Å². The fraction of sp³-hybridized carbons (Fsp3) is 0.438. The largest absolute Gasteiger partial charge is 0.399 e. The first kappa shape index (κ1) is 15.4. The Labute approximate surface area is 124 Å². The average molecular weight is 289 g/mol. The van der Waals surface area contributed by atoms with Gasteiger partial charge >= 0.3 is 0 Å². The van der Waals surface area contributed by atoms with Gasteiger partial charge in [-0.1, -0.05) is 13.3 Å². The molecule has 5 nitrogen and oxygen atoms in total. The zero-order valence-corrected chi connectivity index (χ0v) is 12.4. The Bertz CT molecular complexity index is 592. The molecule has 1 heterocycles. The van der Waals surface area contributed by atoms with E-state index < -0.39 is 0 Å². The fourth-order valence-corrected chi connectivity index (χ4v) is 2.15. The van der Waals surface area contributed by atoms with Gasteiger partial charge in [0.1, 0.15) is 0 Å². The van der Waals surface area contributed by atoms with Gasteiger partial charge in [-0.25, -0.2) is 0 Å². The maximum absolute atomic E-state index is 12.2. The number of amides is 1. The predicted molar refractivity (Wildman–Crippen MR) is 85.4 cm³/mol. The minimum absolute atomic E-state index is 0.0830. The summed E-state index contributed by atoms with van der Waals surface area (Å²) in [6.07, 6.45) is 4.76. The first-order chi connectivity index (χ1) is 10.2. The van der Waals surface area contributed by atoms with Crippen molar-refractivity contribution in [2.45, 2.75) is 26.2 Å². The normalized spacial score (nSPS) is 10.9. The number of nitrogen functional groups attached to an aromatic ring is 1. The molecule has 114 valence electrons. The lowest BCUT2D eigenvalue weighted by Gasteiger charge is -2.05. The standard InChI is InChI=1S/C16H23N3O2/c1-2-3-8-21-9-4-7-18-16(20)14-11-19-15-6-5-12(17)10-13(14)15/h5-6,10-11,19H,2-4,7-9,17H2,1H3,(H,18,20). The van der Waals surface area contributed by atoms with Crippen molar-refractivity contribution in [3.63, 3.8) is 0 Å². The molecular weight excluding hydrogens is 266 g/mol. The number of unbranched alkanes of at least 4 members (excludes halogenated alkanes) is 1. The molecule has 0 unspecified atom stereocenters. The molecule has 0 aliphatic rings. The predicted octanol–water partition coefficient (Wildman–Crippen LogP) is 2.69. The third-order valence-corrected chi connectivity index (χ3v) is 3.34. The van der Waals surface area contributed by atoms with Crippen LogP contribution in [0.1, 0.15) is 36.5 Å². The maximum atomic E-state index is 12.2. The summed E-state index contributed by atoms with van der Waals surface area (Å²) in [5.74, 6) is -0.0830. The summed E-state index contributed by atoms with van der Waals surface area (Å²) in [6, 6.07) is 5.51. The summed E-state index contributed by atoms with van der Waals surface area (Å²) in [7, 11) is 0. The molecule has 21 heavy (non-hydrogen) atoms. The minimum atomic E-state index is -0.0830. The first-order valence-corrected chi connectivity index (χ1v) is 7.45. The zero-order chi connectivity index (χ0) is 15.1. The number of aromatic amines is 1. The van der Waals surface area contributed by atoms with Gasteiger partial charge in [0.05, 0.1) is 5.56 Å². The van der Waals surface area contributed by atoms with Crippen molar-refractivity contribution in [1.82, 2.24) is 10.3 Å². The molecule has 2 rings (SSSR count). The second kappa shape index (κ2) is 7.69. The highest BCUT2D eigenvalue weighted by Gasteiger charge is 2.11. The van der Waals surface area contributed by atoms with E-state index in [1.165, 1.54) is 0 Å². The lowest BCUT2D eigenvalue weighted by atomic mass is 10.1. The maximum Gasteiger partial charge on any atom is 0.253 e. The topological polar surface area (TPSA) is 80.1 Å². The highest BCUT2D eigenvalue weighted by atomic mass is 16.5. The van der Waals surface area contributed by atoms with Gasteiger partial charge in [0.25, 0.3) is 5.91 Å². The molecule has 0 bridgehead atoms. The number of aromatic nitrogens is 1. The molecule has 0 aliphatic heterocycles. The van der Waals surface area contributed by atoms with E-state index in [1.807, 2.05) is 18.2 Å². The number of hydrogen-bond acceptors (Lipinski definition) is 3. The van der Waals surface area contributed by atoms with Crippen LogP contribution in [-0.2, 0) is 4.74 Å². The number of carbonyl (C=O) groups is 1. The van der Waals surface area contributed by atoms with Gasteiger partial charge < -0.3 is 20.8 Å². The van der Waals surface area contributed by atoms with Crippen LogP contribution in [0.2, 0.25) is 0 Å². The first-order valence-electron chi connectivity index (χ1n) is 7.45. The number of fused-ring (bicyclic) bond motifs is 1. The van der Waals surface area contributed by atoms with Crippen LogP contribution in [0.15, 0.2) is 24.4 Å². The van der Waals surface area contributed by atoms with Gasteiger partial charge in [0.2, 0.25) is 0 Å². The van der Waals surface area contributed by atoms with Crippen LogP contribution in [0.3, 0.4) is 0 Å². The van der Waals surface area contributed by atoms with Crippen molar-refractivity contribution in [1.29, 1.82) is 0 Å². The van der Waals surface area contributed by atoms with Crippen LogP contribution in [0.4, 0.5) is 5.69 Å². The van der Waals surface area contributed by atoms with Gasteiger partial charge in [-0.15, -0.1) is 0 Å². The van der Waals surface area contributed by atoms with Gasteiger partial charge in [0, 0.05) is 42.5 Å². The second-order valence-corrected chi connectivity index (χ2v) is 5.08. The number of ether oxygens (including phenoxy) is 1.